The Kier molecular flexibility index (Phi) is 2.69. The SMILES string of the molecule is CC(=C\N)/C(F)=C\N. The van der Waals surface area contributed by atoms with E-state index in [2.05, 4.69) is 0 Å². The fraction of sp³-hybridized carbons (Fsp3) is 0.200. The Balaban J connectivity index is 4.04. The highest BCUT2D eigenvalue weighted by Gasteiger charge is 1.91. The number of allylic oxidation sites excluding steroid dienone is 2. The molecule has 2 nitrogen and oxygen atoms in total. The topological polar surface area (TPSA) is 52.0 Å². The van der Waals surface area contributed by atoms with Crippen molar-refractivity contribution in [3.8, 4) is 0 Å². The molecule has 0 aromatic carbocycles. The summed E-state index contributed by atoms with van der Waals surface area (Å²) in [5, 5.41) is 0. The van der Waals surface area contributed by atoms with Crippen LogP contribution in [-0.2, 0) is 0 Å². The van der Waals surface area contributed by atoms with E-state index in [1.54, 1.807) is 6.92 Å². The van der Waals surface area contributed by atoms with Crippen LogP contribution in [0.2, 0.25) is 0 Å². The zero-order valence-corrected chi connectivity index (χ0v) is 4.69. The van der Waals surface area contributed by atoms with Crippen LogP contribution in [-0.4, -0.2) is 0 Å². The van der Waals surface area contributed by atoms with Gasteiger partial charge in [-0.2, -0.15) is 0 Å². The molecule has 0 aliphatic rings. The van der Waals surface area contributed by atoms with Gasteiger partial charge in [0.1, 0.15) is 5.83 Å². The number of hydrogen-bond donors (Lipinski definition) is 2. The van der Waals surface area contributed by atoms with Crippen molar-refractivity contribution >= 4 is 0 Å². The van der Waals surface area contributed by atoms with Crippen molar-refractivity contribution in [2.24, 2.45) is 11.5 Å². The second kappa shape index (κ2) is 3.07. The van der Waals surface area contributed by atoms with Gasteiger partial charge in [0.25, 0.3) is 0 Å². The maximum atomic E-state index is 12.1. The Morgan fingerprint density at radius 3 is 2.00 bits per heavy atom. The van der Waals surface area contributed by atoms with Gasteiger partial charge in [0.05, 0.1) is 0 Å². The molecule has 0 atom stereocenters. The van der Waals surface area contributed by atoms with Crippen LogP contribution in [0.1, 0.15) is 6.92 Å². The van der Waals surface area contributed by atoms with E-state index in [9.17, 15) is 4.39 Å². The molecular formula is C5H9FN2. The van der Waals surface area contributed by atoms with Crippen molar-refractivity contribution in [2.45, 2.75) is 6.92 Å². The number of rotatable bonds is 1. The van der Waals surface area contributed by atoms with Crippen molar-refractivity contribution in [3.63, 3.8) is 0 Å². The summed E-state index contributed by atoms with van der Waals surface area (Å²) in [6, 6.07) is 0. The largest absolute Gasteiger partial charge is 0.404 e. The third-order valence-electron chi connectivity index (χ3n) is 0.773. The molecule has 3 heteroatoms. The van der Waals surface area contributed by atoms with Gasteiger partial charge in [-0.15, -0.1) is 0 Å². The zero-order valence-electron chi connectivity index (χ0n) is 4.69. The number of nitrogens with two attached hydrogens (primary N) is 2. The molecule has 8 heavy (non-hydrogen) atoms. The van der Waals surface area contributed by atoms with Crippen LogP contribution in [0.5, 0.6) is 0 Å². The Hall–Kier alpha value is -0.990. The molecule has 0 radical (unpaired) electrons. The fourth-order valence-electron chi connectivity index (χ4n) is 0.211. The summed E-state index contributed by atoms with van der Waals surface area (Å²) in [6.45, 7) is 1.54. The van der Waals surface area contributed by atoms with Crippen molar-refractivity contribution in [1.29, 1.82) is 0 Å². The molecule has 0 rings (SSSR count). The Morgan fingerprint density at radius 2 is 1.88 bits per heavy atom. The van der Waals surface area contributed by atoms with E-state index < -0.39 is 5.83 Å². The van der Waals surface area contributed by atoms with Crippen LogP contribution >= 0.6 is 0 Å². The van der Waals surface area contributed by atoms with Gasteiger partial charge in [-0.3, -0.25) is 0 Å². The van der Waals surface area contributed by atoms with Gasteiger partial charge in [0, 0.05) is 11.8 Å². The highest BCUT2D eigenvalue weighted by atomic mass is 19.1. The molecule has 0 bridgehead atoms. The maximum Gasteiger partial charge on any atom is 0.142 e. The average molecular weight is 116 g/mol. The Bertz CT molecular complexity index is 110. The molecule has 0 spiro atoms. The van der Waals surface area contributed by atoms with Crippen LogP contribution in [0, 0.1) is 0 Å². The van der Waals surface area contributed by atoms with Gasteiger partial charge in [0.15, 0.2) is 0 Å². The minimum Gasteiger partial charge on any atom is -0.404 e. The van der Waals surface area contributed by atoms with E-state index in [-0.39, 0.29) is 0 Å². The first-order chi connectivity index (χ1) is 3.72. The van der Waals surface area contributed by atoms with Gasteiger partial charge in [-0.25, -0.2) is 4.39 Å². The first kappa shape index (κ1) is 7.01. The predicted molar refractivity (Wildman–Crippen MR) is 31.3 cm³/mol. The smallest absolute Gasteiger partial charge is 0.142 e. The summed E-state index contributed by atoms with van der Waals surface area (Å²) in [5.41, 5.74) is 10.1. The molecule has 4 N–H and O–H groups in total. The van der Waals surface area contributed by atoms with Crippen LogP contribution in [0.15, 0.2) is 23.8 Å². The lowest BCUT2D eigenvalue weighted by Crippen LogP contribution is -1.88. The van der Waals surface area contributed by atoms with Crippen molar-refractivity contribution in [2.75, 3.05) is 0 Å². The third-order valence-corrected chi connectivity index (χ3v) is 0.773. The second-order valence-electron chi connectivity index (χ2n) is 1.36. The molecule has 0 saturated heterocycles. The van der Waals surface area contributed by atoms with Crippen molar-refractivity contribution in [1.82, 2.24) is 0 Å². The minimum absolute atomic E-state index is 0.354. The number of halogens is 1. The van der Waals surface area contributed by atoms with Crippen molar-refractivity contribution < 1.29 is 4.39 Å². The van der Waals surface area contributed by atoms with E-state index in [0.29, 0.717) is 5.57 Å². The van der Waals surface area contributed by atoms with E-state index in [0.717, 1.165) is 6.20 Å². The molecule has 46 valence electrons. The van der Waals surface area contributed by atoms with E-state index in [1.165, 1.54) is 6.20 Å². The first-order valence-corrected chi connectivity index (χ1v) is 2.18. The summed E-state index contributed by atoms with van der Waals surface area (Å²) in [6.07, 6.45) is 2.04. The quantitative estimate of drug-likeness (QED) is 0.493. The van der Waals surface area contributed by atoms with E-state index in [4.69, 9.17) is 11.5 Å². The van der Waals surface area contributed by atoms with Gasteiger partial charge in [-0.05, 0) is 13.1 Å². The summed E-state index contributed by atoms with van der Waals surface area (Å²) in [5.74, 6) is -0.479. The van der Waals surface area contributed by atoms with Gasteiger partial charge in [0.2, 0.25) is 0 Å². The van der Waals surface area contributed by atoms with Crippen LogP contribution in [0.4, 0.5) is 4.39 Å². The van der Waals surface area contributed by atoms with Gasteiger partial charge < -0.3 is 11.5 Å². The van der Waals surface area contributed by atoms with Crippen molar-refractivity contribution in [3.05, 3.63) is 23.8 Å². The Labute approximate surface area is 47.7 Å². The molecule has 0 unspecified atom stereocenters. The molecule has 0 amide bonds. The maximum absolute atomic E-state index is 12.1. The molecule has 0 aliphatic carbocycles. The highest BCUT2D eigenvalue weighted by Crippen LogP contribution is 2.05. The summed E-state index contributed by atoms with van der Waals surface area (Å²) in [4.78, 5) is 0. The standard InChI is InChI=1S/C5H9FN2/c1-4(2-7)5(6)3-8/h2-3H,7-8H2,1H3/b4-2+,5-3+. The monoisotopic (exact) mass is 116 g/mol. The summed E-state index contributed by atoms with van der Waals surface area (Å²) < 4.78 is 12.1. The lowest BCUT2D eigenvalue weighted by Gasteiger charge is -1.90. The summed E-state index contributed by atoms with van der Waals surface area (Å²) in [7, 11) is 0. The first-order valence-electron chi connectivity index (χ1n) is 2.18. The van der Waals surface area contributed by atoms with Crippen LogP contribution in [0.25, 0.3) is 0 Å². The van der Waals surface area contributed by atoms with Crippen LogP contribution in [0.3, 0.4) is 0 Å². The summed E-state index contributed by atoms with van der Waals surface area (Å²) >= 11 is 0. The molecule has 0 aromatic heterocycles. The second-order valence-corrected chi connectivity index (χ2v) is 1.36. The van der Waals surface area contributed by atoms with Crippen LogP contribution < -0.4 is 11.5 Å². The van der Waals surface area contributed by atoms with E-state index >= 15 is 0 Å². The predicted octanol–water partition coefficient (Wildman–Crippen LogP) is 0.619. The van der Waals surface area contributed by atoms with Gasteiger partial charge in [-0.1, -0.05) is 0 Å². The zero-order chi connectivity index (χ0) is 6.57. The van der Waals surface area contributed by atoms with E-state index in [1.807, 2.05) is 0 Å². The third kappa shape index (κ3) is 1.64. The lowest BCUT2D eigenvalue weighted by atomic mass is 10.3. The molecule has 0 fully saturated rings. The average Bonchev–Trinajstić information content (AvgIpc) is 1.84. The molecule has 0 saturated carbocycles. The Morgan fingerprint density at radius 1 is 1.38 bits per heavy atom. The minimum atomic E-state index is -0.479. The normalized spacial score (nSPS) is 14.2. The fourth-order valence-corrected chi connectivity index (χ4v) is 0.211. The molecule has 0 aliphatic heterocycles. The molecular weight excluding hydrogens is 107 g/mol. The highest BCUT2D eigenvalue weighted by molar-refractivity contribution is 5.20. The lowest BCUT2D eigenvalue weighted by molar-refractivity contribution is 0.647. The number of hydrogen-bond acceptors (Lipinski definition) is 2. The molecule has 0 aromatic rings. The van der Waals surface area contributed by atoms with Gasteiger partial charge >= 0.3 is 0 Å². The molecule has 0 heterocycles.